The molecule has 0 saturated heterocycles. The van der Waals surface area contributed by atoms with Crippen molar-refractivity contribution in [1.29, 1.82) is 5.26 Å². The van der Waals surface area contributed by atoms with E-state index in [4.69, 9.17) is 4.42 Å². The van der Waals surface area contributed by atoms with E-state index < -0.39 is 5.41 Å². The van der Waals surface area contributed by atoms with Crippen LogP contribution in [-0.2, 0) is 4.79 Å². The van der Waals surface area contributed by atoms with Crippen LogP contribution in [0.2, 0.25) is 0 Å². The smallest absolute Gasteiger partial charge is 0.244 e. The predicted octanol–water partition coefficient (Wildman–Crippen LogP) is 4.91. The number of benzene rings is 2. The molecule has 5 heteroatoms. The van der Waals surface area contributed by atoms with Crippen LogP contribution >= 0.6 is 0 Å². The molecule has 1 amide bonds. The Labute approximate surface area is 151 Å². The van der Waals surface area contributed by atoms with Gasteiger partial charge in [0, 0.05) is 11.3 Å². The highest BCUT2D eigenvalue weighted by molar-refractivity contribution is 5.97. The van der Waals surface area contributed by atoms with E-state index in [-0.39, 0.29) is 5.91 Å². The van der Waals surface area contributed by atoms with Crippen LogP contribution in [0, 0.1) is 16.7 Å². The van der Waals surface area contributed by atoms with Gasteiger partial charge in [0.2, 0.25) is 11.8 Å². The summed E-state index contributed by atoms with van der Waals surface area (Å²) in [4.78, 5) is 17.1. The molecule has 26 heavy (non-hydrogen) atoms. The van der Waals surface area contributed by atoms with E-state index in [0.29, 0.717) is 24.4 Å². The van der Waals surface area contributed by atoms with Gasteiger partial charge in [0.05, 0.1) is 6.07 Å². The van der Waals surface area contributed by atoms with Gasteiger partial charge in [0.25, 0.3) is 0 Å². The van der Waals surface area contributed by atoms with E-state index in [0.717, 1.165) is 35.9 Å². The highest BCUT2D eigenvalue weighted by atomic mass is 16.3. The normalized spacial score (nSPS) is 16.1. The maximum atomic E-state index is 12.6. The molecule has 4 rings (SSSR count). The minimum Gasteiger partial charge on any atom is -0.436 e. The molecule has 1 aliphatic rings. The molecule has 1 heterocycles. The van der Waals surface area contributed by atoms with Gasteiger partial charge >= 0.3 is 0 Å². The van der Waals surface area contributed by atoms with Crippen molar-refractivity contribution in [3.05, 3.63) is 48.5 Å². The maximum absolute atomic E-state index is 12.6. The van der Waals surface area contributed by atoms with Crippen molar-refractivity contribution in [2.75, 3.05) is 5.32 Å². The Morgan fingerprint density at radius 3 is 2.50 bits per heavy atom. The Hall–Kier alpha value is -3.13. The largest absolute Gasteiger partial charge is 0.436 e. The van der Waals surface area contributed by atoms with Gasteiger partial charge in [-0.05, 0) is 49.2 Å². The summed E-state index contributed by atoms with van der Waals surface area (Å²) in [6.45, 7) is 0. The Bertz CT molecular complexity index is 943. The molecule has 1 N–H and O–H groups in total. The molecule has 2 aromatic carbocycles. The van der Waals surface area contributed by atoms with Crippen LogP contribution in [0.15, 0.2) is 52.9 Å². The Morgan fingerprint density at radius 1 is 1.08 bits per heavy atom. The SMILES string of the molecule is N#CC1(C(=O)Nc2ccc(-c3nc4ccccc4o3)cc2)CCCCC1. The minimum atomic E-state index is -0.892. The van der Waals surface area contributed by atoms with Crippen molar-refractivity contribution in [3.8, 4) is 17.5 Å². The first-order chi connectivity index (χ1) is 12.7. The molecule has 0 bridgehead atoms. The van der Waals surface area contributed by atoms with Gasteiger partial charge in [0.15, 0.2) is 5.58 Å². The topological polar surface area (TPSA) is 78.9 Å². The summed E-state index contributed by atoms with van der Waals surface area (Å²) in [5.74, 6) is 0.346. The number of aromatic nitrogens is 1. The van der Waals surface area contributed by atoms with E-state index >= 15 is 0 Å². The number of anilines is 1. The van der Waals surface area contributed by atoms with Gasteiger partial charge in [-0.3, -0.25) is 4.79 Å². The fourth-order valence-electron chi connectivity index (χ4n) is 3.49. The van der Waals surface area contributed by atoms with Crippen molar-refractivity contribution in [2.45, 2.75) is 32.1 Å². The first-order valence-corrected chi connectivity index (χ1v) is 8.89. The van der Waals surface area contributed by atoms with Crippen LogP contribution in [0.1, 0.15) is 32.1 Å². The number of nitrogens with one attached hydrogen (secondary N) is 1. The number of hydrogen-bond donors (Lipinski definition) is 1. The molecule has 1 saturated carbocycles. The summed E-state index contributed by atoms with van der Waals surface area (Å²) in [6.07, 6.45) is 4.22. The molecule has 1 aliphatic carbocycles. The second-order valence-corrected chi connectivity index (χ2v) is 6.77. The highest BCUT2D eigenvalue weighted by Gasteiger charge is 2.39. The lowest BCUT2D eigenvalue weighted by atomic mass is 9.74. The van der Waals surface area contributed by atoms with E-state index in [1.807, 2.05) is 48.5 Å². The van der Waals surface area contributed by atoms with Gasteiger partial charge in [-0.25, -0.2) is 4.98 Å². The lowest BCUT2D eigenvalue weighted by Crippen LogP contribution is -2.36. The number of amides is 1. The van der Waals surface area contributed by atoms with Crippen molar-refractivity contribution < 1.29 is 9.21 Å². The van der Waals surface area contributed by atoms with E-state index in [9.17, 15) is 10.1 Å². The summed E-state index contributed by atoms with van der Waals surface area (Å²) in [5, 5.41) is 12.4. The molecular weight excluding hydrogens is 326 g/mol. The molecule has 5 nitrogen and oxygen atoms in total. The second kappa shape index (κ2) is 6.64. The van der Waals surface area contributed by atoms with Crippen LogP contribution in [-0.4, -0.2) is 10.9 Å². The maximum Gasteiger partial charge on any atom is 0.244 e. The van der Waals surface area contributed by atoms with Crippen LogP contribution < -0.4 is 5.32 Å². The number of nitrogens with zero attached hydrogens (tertiary/aromatic N) is 2. The predicted molar refractivity (Wildman–Crippen MR) is 99.2 cm³/mol. The number of carbonyl (C=O) groups is 1. The van der Waals surface area contributed by atoms with Crippen molar-refractivity contribution in [2.24, 2.45) is 5.41 Å². The van der Waals surface area contributed by atoms with Crippen LogP contribution in [0.25, 0.3) is 22.6 Å². The number of carbonyl (C=O) groups excluding carboxylic acids is 1. The lowest BCUT2D eigenvalue weighted by molar-refractivity contribution is -0.124. The highest BCUT2D eigenvalue weighted by Crippen LogP contribution is 2.37. The number of hydrogen-bond acceptors (Lipinski definition) is 4. The summed E-state index contributed by atoms with van der Waals surface area (Å²) in [6, 6.07) is 17.2. The first-order valence-electron chi connectivity index (χ1n) is 8.89. The number of nitriles is 1. The number of rotatable bonds is 3. The summed E-state index contributed by atoms with van der Waals surface area (Å²) >= 11 is 0. The second-order valence-electron chi connectivity index (χ2n) is 6.77. The molecule has 1 fully saturated rings. The van der Waals surface area contributed by atoms with Crippen LogP contribution in [0.5, 0.6) is 0 Å². The fraction of sp³-hybridized carbons (Fsp3) is 0.286. The molecule has 0 aliphatic heterocycles. The quantitative estimate of drug-likeness (QED) is 0.731. The van der Waals surface area contributed by atoms with Crippen molar-refractivity contribution in [1.82, 2.24) is 4.98 Å². The molecule has 0 atom stereocenters. The summed E-state index contributed by atoms with van der Waals surface area (Å²) in [5.41, 5.74) is 2.18. The van der Waals surface area contributed by atoms with E-state index in [1.165, 1.54) is 0 Å². The van der Waals surface area contributed by atoms with E-state index in [2.05, 4.69) is 16.4 Å². The lowest BCUT2D eigenvalue weighted by Gasteiger charge is -2.29. The third kappa shape index (κ3) is 2.95. The van der Waals surface area contributed by atoms with Gasteiger partial charge < -0.3 is 9.73 Å². The number of fused-ring (bicyclic) bond motifs is 1. The first kappa shape index (κ1) is 16.3. The molecule has 0 spiro atoms. The summed E-state index contributed by atoms with van der Waals surface area (Å²) < 4.78 is 5.76. The fourth-order valence-corrected chi connectivity index (χ4v) is 3.49. The average molecular weight is 345 g/mol. The Kier molecular flexibility index (Phi) is 4.18. The van der Waals surface area contributed by atoms with Gasteiger partial charge in [-0.2, -0.15) is 5.26 Å². The number of oxazole rings is 1. The zero-order chi connectivity index (χ0) is 18.0. The van der Waals surface area contributed by atoms with Gasteiger partial charge in [-0.15, -0.1) is 0 Å². The molecule has 0 radical (unpaired) electrons. The molecule has 130 valence electrons. The van der Waals surface area contributed by atoms with E-state index in [1.54, 1.807) is 0 Å². The molecule has 0 unspecified atom stereocenters. The molecular formula is C21H19N3O2. The summed E-state index contributed by atoms with van der Waals surface area (Å²) in [7, 11) is 0. The Morgan fingerprint density at radius 2 is 1.81 bits per heavy atom. The van der Waals surface area contributed by atoms with Crippen LogP contribution in [0.4, 0.5) is 5.69 Å². The standard InChI is InChI=1S/C21H19N3O2/c22-14-21(12-4-1-5-13-21)20(25)23-16-10-8-15(9-11-16)19-24-17-6-2-3-7-18(17)26-19/h2-3,6-11H,1,4-5,12-13H2,(H,23,25). The third-order valence-corrected chi connectivity index (χ3v) is 5.04. The Balaban J connectivity index is 1.52. The van der Waals surface area contributed by atoms with Crippen LogP contribution in [0.3, 0.4) is 0 Å². The third-order valence-electron chi connectivity index (χ3n) is 5.04. The zero-order valence-corrected chi connectivity index (χ0v) is 14.4. The average Bonchev–Trinajstić information content (AvgIpc) is 3.13. The minimum absolute atomic E-state index is 0.200. The monoisotopic (exact) mass is 345 g/mol. The zero-order valence-electron chi connectivity index (χ0n) is 14.4. The van der Waals surface area contributed by atoms with Crippen molar-refractivity contribution >= 4 is 22.7 Å². The molecule has 3 aromatic rings. The van der Waals surface area contributed by atoms with Gasteiger partial charge in [0.1, 0.15) is 10.9 Å². The molecule has 1 aromatic heterocycles. The van der Waals surface area contributed by atoms with Gasteiger partial charge in [-0.1, -0.05) is 31.4 Å². The number of para-hydroxylation sites is 2. The van der Waals surface area contributed by atoms with Crippen molar-refractivity contribution in [3.63, 3.8) is 0 Å².